The summed E-state index contributed by atoms with van der Waals surface area (Å²) in [5.41, 5.74) is 8.82. The molecule has 0 radical (unpaired) electrons. The standard InChI is InChI=1S/C31H39NO/c1-19(2)23-15-11-16-24(20(3)4)29(23)27-13-9-10-14-28(27)31(33)32-30-25(21(5)6)17-12-18-26(30)22(7)8/h9-22H,1-8H3,(H,32,33). The van der Waals surface area contributed by atoms with Gasteiger partial charge in [-0.15, -0.1) is 0 Å². The third kappa shape index (κ3) is 5.21. The topological polar surface area (TPSA) is 29.1 Å². The fourth-order valence-corrected chi connectivity index (χ4v) is 4.64. The van der Waals surface area contributed by atoms with E-state index in [1.807, 2.05) is 18.2 Å². The van der Waals surface area contributed by atoms with E-state index in [-0.39, 0.29) is 5.91 Å². The average molecular weight is 442 g/mol. The largest absolute Gasteiger partial charge is 0.321 e. The smallest absolute Gasteiger partial charge is 0.256 e. The van der Waals surface area contributed by atoms with Gasteiger partial charge < -0.3 is 5.32 Å². The molecule has 0 atom stereocenters. The van der Waals surface area contributed by atoms with Crippen LogP contribution in [0.25, 0.3) is 11.1 Å². The maximum absolute atomic E-state index is 13.8. The second kappa shape index (κ2) is 10.4. The van der Waals surface area contributed by atoms with Crippen LogP contribution in [0.15, 0.2) is 60.7 Å². The fraction of sp³-hybridized carbons (Fsp3) is 0.387. The Bertz CT molecular complexity index is 1070. The Labute approximate surface area is 200 Å². The molecule has 0 saturated carbocycles. The minimum absolute atomic E-state index is 0.0473. The molecule has 3 rings (SSSR count). The Balaban J connectivity index is 2.17. The van der Waals surface area contributed by atoms with E-state index in [9.17, 15) is 4.79 Å². The van der Waals surface area contributed by atoms with Crippen molar-refractivity contribution in [2.45, 2.75) is 79.1 Å². The van der Waals surface area contributed by atoms with Crippen molar-refractivity contribution >= 4 is 11.6 Å². The molecular weight excluding hydrogens is 402 g/mol. The average Bonchev–Trinajstić information content (AvgIpc) is 2.78. The maximum atomic E-state index is 13.8. The van der Waals surface area contributed by atoms with Gasteiger partial charge in [0, 0.05) is 11.3 Å². The monoisotopic (exact) mass is 441 g/mol. The third-order valence-corrected chi connectivity index (χ3v) is 6.43. The van der Waals surface area contributed by atoms with E-state index >= 15 is 0 Å². The van der Waals surface area contributed by atoms with Crippen molar-refractivity contribution in [3.05, 3.63) is 88.5 Å². The van der Waals surface area contributed by atoms with Gasteiger partial charge in [0.05, 0.1) is 0 Å². The normalized spacial score (nSPS) is 11.6. The molecule has 0 fully saturated rings. The molecule has 0 saturated heterocycles. The summed E-state index contributed by atoms with van der Waals surface area (Å²) >= 11 is 0. The minimum Gasteiger partial charge on any atom is -0.321 e. The number of anilines is 1. The molecule has 3 aromatic rings. The highest BCUT2D eigenvalue weighted by Crippen LogP contribution is 2.39. The van der Waals surface area contributed by atoms with Crippen LogP contribution in [0.2, 0.25) is 0 Å². The third-order valence-electron chi connectivity index (χ3n) is 6.43. The highest BCUT2D eigenvalue weighted by molar-refractivity contribution is 6.10. The van der Waals surface area contributed by atoms with Gasteiger partial charge in [0.25, 0.3) is 5.91 Å². The molecule has 2 nitrogen and oxygen atoms in total. The van der Waals surface area contributed by atoms with Crippen molar-refractivity contribution in [1.82, 2.24) is 0 Å². The van der Waals surface area contributed by atoms with Crippen molar-refractivity contribution in [2.24, 2.45) is 0 Å². The summed E-state index contributed by atoms with van der Waals surface area (Å²) in [6, 6.07) is 21.0. The Morgan fingerprint density at radius 3 is 1.45 bits per heavy atom. The molecule has 2 heteroatoms. The Hall–Kier alpha value is -2.87. The number of carbonyl (C=O) groups is 1. The Morgan fingerprint density at radius 2 is 1.00 bits per heavy atom. The number of hydrogen-bond donors (Lipinski definition) is 1. The van der Waals surface area contributed by atoms with Crippen molar-refractivity contribution in [1.29, 1.82) is 0 Å². The maximum Gasteiger partial charge on any atom is 0.256 e. The summed E-state index contributed by atoms with van der Waals surface area (Å²) in [6.45, 7) is 17.6. The molecule has 33 heavy (non-hydrogen) atoms. The van der Waals surface area contributed by atoms with Crippen LogP contribution < -0.4 is 5.32 Å². The van der Waals surface area contributed by atoms with Crippen LogP contribution >= 0.6 is 0 Å². The van der Waals surface area contributed by atoms with Gasteiger partial charge in [-0.25, -0.2) is 0 Å². The summed E-state index contributed by atoms with van der Waals surface area (Å²) in [4.78, 5) is 13.8. The van der Waals surface area contributed by atoms with Gasteiger partial charge >= 0.3 is 0 Å². The quantitative estimate of drug-likeness (QED) is 0.389. The lowest BCUT2D eigenvalue weighted by atomic mass is 9.83. The van der Waals surface area contributed by atoms with Crippen LogP contribution in [-0.2, 0) is 0 Å². The number of amides is 1. The van der Waals surface area contributed by atoms with Crippen LogP contribution in [0.4, 0.5) is 5.69 Å². The van der Waals surface area contributed by atoms with Gasteiger partial charge in [0.15, 0.2) is 0 Å². The molecule has 174 valence electrons. The lowest BCUT2D eigenvalue weighted by Crippen LogP contribution is -2.17. The molecule has 0 bridgehead atoms. The minimum atomic E-state index is -0.0473. The molecule has 0 aliphatic carbocycles. The van der Waals surface area contributed by atoms with E-state index in [1.165, 1.54) is 27.8 Å². The summed E-state index contributed by atoms with van der Waals surface area (Å²) in [5.74, 6) is 1.33. The predicted molar refractivity (Wildman–Crippen MR) is 143 cm³/mol. The van der Waals surface area contributed by atoms with E-state index in [4.69, 9.17) is 0 Å². The molecule has 1 N–H and O–H groups in total. The summed E-state index contributed by atoms with van der Waals surface area (Å²) < 4.78 is 0. The number of hydrogen-bond acceptors (Lipinski definition) is 1. The molecule has 0 unspecified atom stereocenters. The van der Waals surface area contributed by atoms with Crippen LogP contribution in [-0.4, -0.2) is 5.91 Å². The van der Waals surface area contributed by atoms with Crippen molar-refractivity contribution in [2.75, 3.05) is 5.32 Å². The molecule has 0 spiro atoms. The Morgan fingerprint density at radius 1 is 0.576 bits per heavy atom. The molecule has 0 aromatic heterocycles. The number of rotatable bonds is 7. The Kier molecular flexibility index (Phi) is 7.79. The van der Waals surface area contributed by atoms with Crippen molar-refractivity contribution < 1.29 is 4.79 Å². The fourth-order valence-electron chi connectivity index (χ4n) is 4.64. The molecule has 3 aromatic carbocycles. The van der Waals surface area contributed by atoms with E-state index in [0.29, 0.717) is 23.7 Å². The van der Waals surface area contributed by atoms with Crippen molar-refractivity contribution in [3.8, 4) is 11.1 Å². The summed E-state index contributed by atoms with van der Waals surface area (Å²) in [6.07, 6.45) is 0. The molecular formula is C31H39NO. The molecule has 0 heterocycles. The number of para-hydroxylation sites is 1. The zero-order valence-electron chi connectivity index (χ0n) is 21.5. The highest BCUT2D eigenvalue weighted by Gasteiger charge is 2.22. The van der Waals surface area contributed by atoms with E-state index in [2.05, 4.69) is 103 Å². The van der Waals surface area contributed by atoms with Crippen LogP contribution in [0, 0.1) is 0 Å². The number of nitrogens with one attached hydrogen (secondary N) is 1. The number of carbonyl (C=O) groups excluding carboxylic acids is 1. The first kappa shape index (κ1) is 24.8. The van der Waals surface area contributed by atoms with Gasteiger partial charge in [0.2, 0.25) is 0 Å². The van der Waals surface area contributed by atoms with Crippen molar-refractivity contribution in [3.63, 3.8) is 0 Å². The van der Waals surface area contributed by atoms with Gasteiger partial charge in [-0.3, -0.25) is 4.79 Å². The lowest BCUT2D eigenvalue weighted by Gasteiger charge is -2.23. The zero-order chi connectivity index (χ0) is 24.3. The van der Waals surface area contributed by atoms with Crippen LogP contribution in [0.3, 0.4) is 0 Å². The van der Waals surface area contributed by atoms with Gasteiger partial charge in [0.1, 0.15) is 0 Å². The first-order chi connectivity index (χ1) is 15.6. The zero-order valence-corrected chi connectivity index (χ0v) is 21.5. The van der Waals surface area contributed by atoms with Gasteiger partial charge in [-0.1, -0.05) is 110 Å². The van der Waals surface area contributed by atoms with Gasteiger partial charge in [-0.05, 0) is 63.1 Å². The van der Waals surface area contributed by atoms with Crippen LogP contribution in [0.5, 0.6) is 0 Å². The van der Waals surface area contributed by atoms with E-state index < -0.39 is 0 Å². The van der Waals surface area contributed by atoms with E-state index in [1.54, 1.807) is 0 Å². The van der Waals surface area contributed by atoms with E-state index in [0.717, 1.165) is 16.8 Å². The second-order valence-electron chi connectivity index (χ2n) is 10.2. The SMILES string of the molecule is CC(C)c1cccc(C(C)C)c1NC(=O)c1ccccc1-c1c(C(C)C)cccc1C(C)C. The lowest BCUT2D eigenvalue weighted by molar-refractivity contribution is 0.102. The first-order valence-corrected chi connectivity index (χ1v) is 12.3. The summed E-state index contributed by atoms with van der Waals surface area (Å²) in [7, 11) is 0. The molecule has 1 amide bonds. The molecule has 0 aliphatic rings. The second-order valence-corrected chi connectivity index (χ2v) is 10.2. The van der Waals surface area contributed by atoms with Crippen LogP contribution in [0.1, 0.15) is 112 Å². The summed E-state index contributed by atoms with van der Waals surface area (Å²) in [5, 5.41) is 3.33. The first-order valence-electron chi connectivity index (χ1n) is 12.3. The predicted octanol–water partition coefficient (Wildman–Crippen LogP) is 9.10. The number of benzene rings is 3. The highest BCUT2D eigenvalue weighted by atomic mass is 16.1. The van der Waals surface area contributed by atoms with Gasteiger partial charge in [-0.2, -0.15) is 0 Å². The molecule has 0 aliphatic heterocycles.